The first-order valence-electron chi connectivity index (χ1n) is 8.37. The second-order valence-electron chi connectivity index (χ2n) is 6.41. The third-order valence-corrected chi connectivity index (χ3v) is 4.65. The summed E-state index contributed by atoms with van der Waals surface area (Å²) in [5, 5.41) is 1.33. The average Bonchev–Trinajstić information content (AvgIpc) is 2.92. The number of aryl methyl sites for hydroxylation is 2. The van der Waals surface area contributed by atoms with Crippen molar-refractivity contribution in [1.82, 2.24) is 19.4 Å². The van der Waals surface area contributed by atoms with Crippen LogP contribution in [0.15, 0.2) is 42.7 Å². The van der Waals surface area contributed by atoms with Gasteiger partial charge in [-0.05, 0) is 24.6 Å². The van der Waals surface area contributed by atoms with Gasteiger partial charge in [-0.2, -0.15) is 0 Å². The summed E-state index contributed by atoms with van der Waals surface area (Å²) in [5.74, 6) is 0.794. The number of nitrogens with zero attached hydrogens (tertiary/aromatic N) is 4. The van der Waals surface area contributed by atoms with Crippen LogP contribution in [0.3, 0.4) is 0 Å². The van der Waals surface area contributed by atoms with Gasteiger partial charge < -0.3 is 9.30 Å². The molecule has 0 N–H and O–H groups in total. The quantitative estimate of drug-likeness (QED) is 0.744. The van der Waals surface area contributed by atoms with Crippen molar-refractivity contribution in [1.29, 1.82) is 0 Å². The molecule has 2 aromatic heterocycles. The van der Waals surface area contributed by atoms with E-state index in [2.05, 4.69) is 56.9 Å². The van der Waals surface area contributed by atoms with Crippen molar-refractivity contribution in [3.05, 3.63) is 59.8 Å². The fraction of sp³-hybridized carbons (Fsp3) is 0.368. The maximum absolute atomic E-state index is 5.94. The van der Waals surface area contributed by atoms with Gasteiger partial charge in [0.15, 0.2) is 0 Å². The van der Waals surface area contributed by atoms with E-state index < -0.39 is 0 Å². The zero-order valence-corrected chi connectivity index (χ0v) is 14.1. The molecule has 0 bridgehead atoms. The summed E-state index contributed by atoms with van der Waals surface area (Å²) in [6.45, 7) is 5.40. The Morgan fingerprint density at radius 1 is 1.25 bits per heavy atom. The Morgan fingerprint density at radius 2 is 2.12 bits per heavy atom. The van der Waals surface area contributed by atoms with Crippen LogP contribution in [-0.4, -0.2) is 39.1 Å². The van der Waals surface area contributed by atoms with Crippen molar-refractivity contribution < 1.29 is 4.74 Å². The van der Waals surface area contributed by atoms with Crippen LogP contribution in [-0.2, 0) is 18.3 Å². The van der Waals surface area contributed by atoms with E-state index in [9.17, 15) is 0 Å². The molecule has 24 heavy (non-hydrogen) atoms. The lowest BCUT2D eigenvalue weighted by molar-refractivity contribution is -0.0350. The van der Waals surface area contributed by atoms with Crippen molar-refractivity contribution >= 4 is 10.9 Å². The molecule has 124 valence electrons. The van der Waals surface area contributed by atoms with E-state index >= 15 is 0 Å². The first-order chi connectivity index (χ1) is 11.7. The molecule has 5 nitrogen and oxygen atoms in total. The van der Waals surface area contributed by atoms with E-state index in [1.807, 2.05) is 19.2 Å². The molecule has 5 heteroatoms. The number of benzene rings is 1. The predicted molar refractivity (Wildman–Crippen MR) is 93.7 cm³/mol. The summed E-state index contributed by atoms with van der Waals surface area (Å²) >= 11 is 0. The maximum Gasteiger partial charge on any atom is 0.125 e. The Kier molecular flexibility index (Phi) is 4.04. The van der Waals surface area contributed by atoms with Crippen molar-refractivity contribution in [2.75, 3.05) is 19.7 Å². The summed E-state index contributed by atoms with van der Waals surface area (Å²) in [4.78, 5) is 11.2. The minimum atomic E-state index is 0.0235. The summed E-state index contributed by atoms with van der Waals surface area (Å²) in [5.41, 5.74) is 3.63. The van der Waals surface area contributed by atoms with Gasteiger partial charge in [0, 0.05) is 50.0 Å². The number of ether oxygens (including phenoxy) is 1. The predicted octanol–water partition coefficient (Wildman–Crippen LogP) is 2.85. The van der Waals surface area contributed by atoms with Crippen molar-refractivity contribution in [2.24, 2.45) is 7.05 Å². The summed E-state index contributed by atoms with van der Waals surface area (Å²) < 4.78 is 8.15. The van der Waals surface area contributed by atoms with E-state index in [0.29, 0.717) is 0 Å². The number of hydrogen-bond donors (Lipinski definition) is 0. The molecule has 0 aliphatic carbocycles. The molecule has 1 aliphatic heterocycles. The van der Waals surface area contributed by atoms with Crippen molar-refractivity contribution in [3.63, 3.8) is 0 Å². The van der Waals surface area contributed by atoms with E-state index in [1.165, 1.54) is 16.5 Å². The Labute approximate surface area is 141 Å². The molecule has 1 atom stereocenters. The van der Waals surface area contributed by atoms with Gasteiger partial charge in [0.2, 0.25) is 0 Å². The number of rotatable bonds is 3. The Morgan fingerprint density at radius 3 is 3.00 bits per heavy atom. The first-order valence-corrected chi connectivity index (χ1v) is 8.37. The molecule has 0 spiro atoms. The molecule has 1 aliphatic rings. The summed E-state index contributed by atoms with van der Waals surface area (Å²) in [6.07, 6.45) is 4.07. The zero-order chi connectivity index (χ0) is 16.5. The average molecular weight is 322 g/mol. The minimum Gasteiger partial charge on any atom is -0.369 e. The summed E-state index contributed by atoms with van der Waals surface area (Å²) in [6, 6.07) is 10.5. The van der Waals surface area contributed by atoms with Crippen LogP contribution in [0.4, 0.5) is 0 Å². The highest BCUT2D eigenvalue weighted by Gasteiger charge is 2.24. The minimum absolute atomic E-state index is 0.0235. The van der Waals surface area contributed by atoms with Gasteiger partial charge in [-0.3, -0.25) is 4.90 Å². The number of hydrogen-bond acceptors (Lipinski definition) is 4. The second kappa shape index (κ2) is 6.34. The normalized spacial score (nSPS) is 19.0. The van der Waals surface area contributed by atoms with Gasteiger partial charge in [0.1, 0.15) is 11.9 Å². The molecule has 3 heterocycles. The van der Waals surface area contributed by atoms with Crippen LogP contribution in [0.25, 0.3) is 10.9 Å². The highest BCUT2D eigenvalue weighted by Crippen LogP contribution is 2.25. The number of para-hydroxylation sites is 1. The largest absolute Gasteiger partial charge is 0.369 e. The fourth-order valence-electron chi connectivity index (χ4n) is 3.47. The molecule has 1 saturated heterocycles. The fourth-order valence-corrected chi connectivity index (χ4v) is 3.47. The van der Waals surface area contributed by atoms with Crippen LogP contribution in [0.5, 0.6) is 0 Å². The van der Waals surface area contributed by atoms with Crippen molar-refractivity contribution in [3.8, 4) is 0 Å². The standard InChI is InChI=1S/C19H22N4O/c1-14-20-8-7-17(21-14)19-13-23(9-10-24-19)12-15-11-22(2)18-6-4-3-5-16(15)18/h3-8,11,19H,9-10,12-13H2,1-2H3. The molecule has 4 rings (SSSR count). The SMILES string of the molecule is Cc1nccc(C2CN(Cc3cn(C)c4ccccc34)CCO2)n1. The van der Waals surface area contributed by atoms with Gasteiger partial charge in [-0.15, -0.1) is 0 Å². The Hall–Kier alpha value is -2.24. The van der Waals surface area contributed by atoms with Crippen LogP contribution in [0, 0.1) is 6.92 Å². The van der Waals surface area contributed by atoms with Crippen LogP contribution in [0.2, 0.25) is 0 Å². The van der Waals surface area contributed by atoms with E-state index in [-0.39, 0.29) is 6.10 Å². The third-order valence-electron chi connectivity index (χ3n) is 4.65. The maximum atomic E-state index is 5.94. The Balaban J connectivity index is 1.54. The smallest absolute Gasteiger partial charge is 0.125 e. The first kappa shape index (κ1) is 15.3. The highest BCUT2D eigenvalue weighted by atomic mass is 16.5. The van der Waals surface area contributed by atoms with Gasteiger partial charge in [-0.25, -0.2) is 9.97 Å². The third kappa shape index (κ3) is 2.92. The second-order valence-corrected chi connectivity index (χ2v) is 6.41. The van der Waals surface area contributed by atoms with E-state index in [1.54, 1.807) is 0 Å². The lowest BCUT2D eigenvalue weighted by atomic mass is 10.1. The molecule has 1 unspecified atom stereocenters. The molecular formula is C19H22N4O. The summed E-state index contributed by atoms with van der Waals surface area (Å²) in [7, 11) is 2.11. The molecule has 1 fully saturated rings. The van der Waals surface area contributed by atoms with Crippen LogP contribution in [0.1, 0.15) is 23.2 Å². The molecule has 0 amide bonds. The molecule has 3 aromatic rings. The molecule has 0 saturated carbocycles. The number of fused-ring (bicyclic) bond motifs is 1. The van der Waals surface area contributed by atoms with E-state index in [4.69, 9.17) is 4.74 Å². The Bertz CT molecular complexity index is 857. The van der Waals surface area contributed by atoms with Gasteiger partial charge in [0.25, 0.3) is 0 Å². The van der Waals surface area contributed by atoms with Gasteiger partial charge in [0.05, 0.1) is 12.3 Å². The van der Waals surface area contributed by atoms with Gasteiger partial charge in [-0.1, -0.05) is 18.2 Å². The molecular weight excluding hydrogens is 300 g/mol. The molecule has 0 radical (unpaired) electrons. The van der Waals surface area contributed by atoms with Crippen molar-refractivity contribution in [2.45, 2.75) is 19.6 Å². The molecule has 1 aromatic carbocycles. The number of aromatic nitrogens is 3. The van der Waals surface area contributed by atoms with E-state index in [0.717, 1.165) is 37.8 Å². The van der Waals surface area contributed by atoms with Crippen LogP contribution < -0.4 is 0 Å². The van der Waals surface area contributed by atoms with Gasteiger partial charge >= 0.3 is 0 Å². The van der Waals surface area contributed by atoms with Crippen LogP contribution >= 0.6 is 0 Å². The lowest BCUT2D eigenvalue weighted by Crippen LogP contribution is -2.38. The highest BCUT2D eigenvalue weighted by molar-refractivity contribution is 5.83. The lowest BCUT2D eigenvalue weighted by Gasteiger charge is -2.32. The zero-order valence-electron chi connectivity index (χ0n) is 14.1. The number of morpholine rings is 1. The topological polar surface area (TPSA) is 43.2 Å². The monoisotopic (exact) mass is 322 g/mol.